The second kappa shape index (κ2) is 7.51. The number of halogens is 1. The Kier molecular flexibility index (Phi) is 6.29. The normalized spacial score (nSPS) is 11.6. The van der Waals surface area contributed by atoms with Crippen LogP contribution in [0.15, 0.2) is 17.0 Å². The Morgan fingerprint density at radius 1 is 1.29 bits per heavy atom. The van der Waals surface area contributed by atoms with Gasteiger partial charge in [0.2, 0.25) is 10.0 Å². The van der Waals surface area contributed by atoms with Crippen molar-refractivity contribution >= 4 is 16.0 Å². The molecule has 0 amide bonds. The number of hydrogen-bond acceptors (Lipinski definition) is 3. The van der Waals surface area contributed by atoms with Gasteiger partial charge >= 0.3 is 5.97 Å². The van der Waals surface area contributed by atoms with Crippen molar-refractivity contribution in [2.24, 2.45) is 0 Å². The molecule has 0 atom stereocenters. The Labute approximate surface area is 124 Å². The van der Waals surface area contributed by atoms with E-state index in [1.54, 1.807) is 0 Å². The van der Waals surface area contributed by atoms with E-state index in [0.29, 0.717) is 6.42 Å². The van der Waals surface area contributed by atoms with Crippen LogP contribution in [0.4, 0.5) is 4.39 Å². The van der Waals surface area contributed by atoms with Crippen LogP contribution in [0.5, 0.6) is 0 Å². The number of carboxylic acid groups (broad SMARTS) is 1. The van der Waals surface area contributed by atoms with Crippen molar-refractivity contribution in [1.29, 1.82) is 0 Å². The van der Waals surface area contributed by atoms with E-state index in [1.165, 1.54) is 6.92 Å². The molecular formula is C14H20FNO4S. The zero-order valence-corrected chi connectivity index (χ0v) is 13.0. The molecule has 0 saturated carbocycles. The summed E-state index contributed by atoms with van der Waals surface area (Å²) in [7, 11) is -3.82. The van der Waals surface area contributed by atoms with Gasteiger partial charge in [0.1, 0.15) is 5.82 Å². The predicted molar refractivity (Wildman–Crippen MR) is 77.4 cm³/mol. The average molecular weight is 317 g/mol. The molecule has 0 spiro atoms. The summed E-state index contributed by atoms with van der Waals surface area (Å²) in [5.41, 5.74) is -0.650. The smallest absolute Gasteiger partial charge is 0.338 e. The highest BCUT2D eigenvalue weighted by Crippen LogP contribution is 2.19. The third-order valence-electron chi connectivity index (χ3n) is 3.09. The second-order valence-corrected chi connectivity index (χ2v) is 6.63. The van der Waals surface area contributed by atoms with Gasteiger partial charge in [-0.15, -0.1) is 0 Å². The molecule has 0 aliphatic rings. The molecule has 0 fully saturated rings. The number of unbranched alkanes of at least 4 members (excludes halogenated alkanes) is 3. The molecule has 0 aliphatic heterocycles. The number of carbonyl (C=O) groups is 1. The summed E-state index contributed by atoms with van der Waals surface area (Å²) >= 11 is 0. The number of carboxylic acids is 1. The molecule has 0 unspecified atom stereocenters. The summed E-state index contributed by atoms with van der Waals surface area (Å²) in [4.78, 5) is 10.7. The van der Waals surface area contributed by atoms with Crippen LogP contribution >= 0.6 is 0 Å². The molecule has 0 aliphatic carbocycles. The Morgan fingerprint density at radius 2 is 1.95 bits per heavy atom. The van der Waals surface area contributed by atoms with E-state index in [9.17, 15) is 17.6 Å². The largest absolute Gasteiger partial charge is 0.478 e. The molecule has 5 nitrogen and oxygen atoms in total. The van der Waals surface area contributed by atoms with Gasteiger partial charge in [0.05, 0.1) is 10.5 Å². The van der Waals surface area contributed by atoms with Gasteiger partial charge in [0.25, 0.3) is 0 Å². The van der Waals surface area contributed by atoms with Crippen molar-refractivity contribution in [3.8, 4) is 0 Å². The van der Waals surface area contributed by atoms with E-state index in [4.69, 9.17) is 5.11 Å². The highest BCUT2D eigenvalue weighted by Gasteiger charge is 2.20. The molecule has 0 radical (unpaired) electrons. The van der Waals surface area contributed by atoms with E-state index >= 15 is 0 Å². The van der Waals surface area contributed by atoms with Gasteiger partial charge in [0, 0.05) is 6.54 Å². The zero-order chi connectivity index (χ0) is 16.0. The standard InChI is InChI=1S/C14H20FNO4S/c1-3-4-5-6-7-16-21(19,20)11-8-10(2)13(15)12(9-11)14(17)18/h8-9,16H,3-7H2,1-2H3,(H,17,18). The zero-order valence-electron chi connectivity index (χ0n) is 12.1. The summed E-state index contributed by atoms with van der Waals surface area (Å²) < 4.78 is 40.2. The lowest BCUT2D eigenvalue weighted by molar-refractivity contribution is 0.0691. The number of aryl methyl sites for hydroxylation is 1. The van der Waals surface area contributed by atoms with E-state index in [1.807, 2.05) is 0 Å². The monoisotopic (exact) mass is 317 g/mol. The third kappa shape index (κ3) is 4.78. The Bertz CT molecular complexity index is 614. The number of nitrogens with one attached hydrogen (secondary N) is 1. The molecule has 0 heterocycles. The molecule has 0 bridgehead atoms. The van der Waals surface area contributed by atoms with Crippen LogP contribution < -0.4 is 4.72 Å². The molecular weight excluding hydrogens is 297 g/mol. The van der Waals surface area contributed by atoms with Crippen molar-refractivity contribution in [2.45, 2.75) is 44.4 Å². The van der Waals surface area contributed by atoms with Crippen molar-refractivity contribution in [3.05, 3.63) is 29.1 Å². The van der Waals surface area contributed by atoms with E-state index in [2.05, 4.69) is 11.6 Å². The van der Waals surface area contributed by atoms with Crippen molar-refractivity contribution < 1.29 is 22.7 Å². The minimum atomic E-state index is -3.82. The van der Waals surface area contributed by atoms with Crippen LogP contribution in [0.3, 0.4) is 0 Å². The molecule has 2 N–H and O–H groups in total. The average Bonchev–Trinajstić information content (AvgIpc) is 2.40. The van der Waals surface area contributed by atoms with Gasteiger partial charge in [-0.05, 0) is 31.0 Å². The first-order valence-corrected chi connectivity index (χ1v) is 8.31. The molecule has 1 aromatic rings. The Morgan fingerprint density at radius 3 is 2.52 bits per heavy atom. The Balaban J connectivity index is 2.91. The fourth-order valence-corrected chi connectivity index (χ4v) is 3.07. The first-order valence-electron chi connectivity index (χ1n) is 6.82. The lowest BCUT2D eigenvalue weighted by Crippen LogP contribution is -2.25. The number of rotatable bonds is 8. The molecule has 1 aromatic carbocycles. The van der Waals surface area contributed by atoms with Crippen molar-refractivity contribution in [3.63, 3.8) is 0 Å². The molecule has 21 heavy (non-hydrogen) atoms. The number of sulfonamides is 1. The molecule has 1 rings (SSSR count). The maximum absolute atomic E-state index is 13.6. The summed E-state index contributed by atoms with van der Waals surface area (Å²) in [6, 6.07) is 1.98. The van der Waals surface area contributed by atoms with Gasteiger partial charge in [-0.1, -0.05) is 26.2 Å². The lowest BCUT2D eigenvalue weighted by atomic mass is 10.1. The lowest BCUT2D eigenvalue weighted by Gasteiger charge is -2.09. The quantitative estimate of drug-likeness (QED) is 0.722. The van der Waals surface area contributed by atoms with Crippen LogP contribution in [-0.4, -0.2) is 26.0 Å². The van der Waals surface area contributed by atoms with Gasteiger partial charge < -0.3 is 5.11 Å². The summed E-state index contributed by atoms with van der Waals surface area (Å²) in [5.74, 6) is -2.40. The molecule has 7 heteroatoms. The fourth-order valence-electron chi connectivity index (χ4n) is 1.89. The second-order valence-electron chi connectivity index (χ2n) is 4.87. The van der Waals surface area contributed by atoms with Crippen molar-refractivity contribution in [2.75, 3.05) is 6.54 Å². The molecule has 0 aromatic heterocycles. The minimum absolute atomic E-state index is 0.0127. The first kappa shape index (κ1) is 17.6. The van der Waals surface area contributed by atoms with Crippen LogP contribution in [0.1, 0.15) is 48.5 Å². The van der Waals surface area contributed by atoms with E-state index in [0.717, 1.165) is 31.4 Å². The van der Waals surface area contributed by atoms with Crippen LogP contribution in [-0.2, 0) is 10.0 Å². The van der Waals surface area contributed by atoms with E-state index < -0.39 is 27.4 Å². The number of hydrogen-bond donors (Lipinski definition) is 2. The Hall–Kier alpha value is -1.47. The number of benzene rings is 1. The number of aromatic carboxylic acids is 1. The maximum Gasteiger partial charge on any atom is 0.338 e. The van der Waals surface area contributed by atoms with Crippen LogP contribution in [0.25, 0.3) is 0 Å². The summed E-state index contributed by atoms with van der Waals surface area (Å²) in [6.45, 7) is 3.67. The SMILES string of the molecule is CCCCCCNS(=O)(=O)c1cc(C)c(F)c(C(=O)O)c1. The van der Waals surface area contributed by atoms with Crippen molar-refractivity contribution in [1.82, 2.24) is 4.72 Å². The first-order chi connectivity index (χ1) is 9.79. The third-order valence-corrected chi connectivity index (χ3v) is 4.53. The van der Waals surface area contributed by atoms with Gasteiger partial charge in [0.15, 0.2) is 0 Å². The van der Waals surface area contributed by atoms with E-state index in [-0.39, 0.29) is 17.0 Å². The van der Waals surface area contributed by atoms with Gasteiger partial charge in [-0.3, -0.25) is 0 Å². The molecule has 0 saturated heterocycles. The van der Waals surface area contributed by atoms with Crippen LogP contribution in [0.2, 0.25) is 0 Å². The minimum Gasteiger partial charge on any atom is -0.478 e. The fraction of sp³-hybridized carbons (Fsp3) is 0.500. The summed E-state index contributed by atoms with van der Waals surface area (Å²) in [6.07, 6.45) is 3.70. The van der Waals surface area contributed by atoms with Crippen LogP contribution in [0, 0.1) is 12.7 Å². The highest BCUT2D eigenvalue weighted by molar-refractivity contribution is 7.89. The maximum atomic E-state index is 13.6. The summed E-state index contributed by atoms with van der Waals surface area (Å²) in [5, 5.41) is 8.90. The highest BCUT2D eigenvalue weighted by atomic mass is 32.2. The molecule has 118 valence electrons. The van der Waals surface area contributed by atoms with Gasteiger partial charge in [-0.2, -0.15) is 0 Å². The topological polar surface area (TPSA) is 83.5 Å². The van der Waals surface area contributed by atoms with Gasteiger partial charge in [-0.25, -0.2) is 22.3 Å². The predicted octanol–water partition coefficient (Wildman–Crippen LogP) is 2.69.